The lowest BCUT2D eigenvalue weighted by atomic mass is 10.0. The van der Waals surface area contributed by atoms with Crippen molar-refractivity contribution in [1.82, 2.24) is 4.57 Å². The molecule has 0 N–H and O–H groups in total. The molecular formula is C22H19NO. The van der Waals surface area contributed by atoms with Gasteiger partial charge in [-0.3, -0.25) is 0 Å². The van der Waals surface area contributed by atoms with E-state index in [1.165, 1.54) is 38.1 Å². The maximum absolute atomic E-state index is 6.23. The fraction of sp³-hybridized carbons (Fsp3) is 0.182. The summed E-state index contributed by atoms with van der Waals surface area (Å²) >= 11 is 0. The van der Waals surface area contributed by atoms with Gasteiger partial charge in [0.25, 0.3) is 0 Å². The number of rotatable bonds is 1. The van der Waals surface area contributed by atoms with Crippen LogP contribution in [0.2, 0.25) is 0 Å². The van der Waals surface area contributed by atoms with Crippen LogP contribution in [0.3, 0.4) is 0 Å². The molecule has 118 valence electrons. The van der Waals surface area contributed by atoms with E-state index in [0.717, 1.165) is 11.2 Å². The van der Waals surface area contributed by atoms with Crippen LogP contribution in [0, 0.1) is 0 Å². The smallest absolute Gasteiger partial charge is 0.159 e. The normalized spacial score (nSPS) is 12.3. The van der Waals surface area contributed by atoms with Crippen molar-refractivity contribution in [2.45, 2.75) is 19.8 Å². The van der Waals surface area contributed by atoms with Crippen molar-refractivity contribution < 1.29 is 4.42 Å². The molecule has 5 rings (SSSR count). The summed E-state index contributed by atoms with van der Waals surface area (Å²) in [6.07, 6.45) is 0. The lowest BCUT2D eigenvalue weighted by Crippen LogP contribution is -1.89. The van der Waals surface area contributed by atoms with E-state index in [4.69, 9.17) is 4.42 Å². The van der Waals surface area contributed by atoms with Gasteiger partial charge in [0, 0.05) is 34.1 Å². The third-order valence-electron chi connectivity index (χ3n) is 5.19. The van der Waals surface area contributed by atoms with Crippen LogP contribution in [0.25, 0.3) is 43.7 Å². The fourth-order valence-corrected chi connectivity index (χ4v) is 3.87. The summed E-state index contributed by atoms with van der Waals surface area (Å²) in [6.45, 7) is 4.48. The third-order valence-corrected chi connectivity index (χ3v) is 5.19. The van der Waals surface area contributed by atoms with E-state index in [1.54, 1.807) is 0 Å². The Kier molecular flexibility index (Phi) is 2.64. The maximum Gasteiger partial charge on any atom is 0.159 e. The molecule has 0 fully saturated rings. The molecule has 0 spiro atoms. The van der Waals surface area contributed by atoms with Gasteiger partial charge in [0.15, 0.2) is 5.58 Å². The van der Waals surface area contributed by atoms with Crippen molar-refractivity contribution in [3.8, 4) is 0 Å². The largest absolute Gasteiger partial charge is 0.454 e. The van der Waals surface area contributed by atoms with E-state index in [0.29, 0.717) is 5.92 Å². The van der Waals surface area contributed by atoms with Gasteiger partial charge < -0.3 is 8.98 Å². The number of aryl methyl sites for hydroxylation is 1. The van der Waals surface area contributed by atoms with Gasteiger partial charge >= 0.3 is 0 Å². The highest BCUT2D eigenvalue weighted by Crippen LogP contribution is 2.38. The Labute approximate surface area is 140 Å². The van der Waals surface area contributed by atoms with Gasteiger partial charge in [0.1, 0.15) is 5.58 Å². The molecule has 3 aromatic carbocycles. The fourth-order valence-electron chi connectivity index (χ4n) is 3.87. The molecule has 0 aliphatic carbocycles. The lowest BCUT2D eigenvalue weighted by molar-refractivity contribution is 0.670. The quantitative estimate of drug-likeness (QED) is 0.352. The van der Waals surface area contributed by atoms with Gasteiger partial charge in [0.05, 0.1) is 5.52 Å². The first-order chi connectivity index (χ1) is 11.6. The van der Waals surface area contributed by atoms with Gasteiger partial charge in [0.2, 0.25) is 0 Å². The number of hydrogen-bond donors (Lipinski definition) is 0. The Morgan fingerprint density at radius 3 is 2.46 bits per heavy atom. The monoisotopic (exact) mass is 313 g/mol. The van der Waals surface area contributed by atoms with Crippen LogP contribution >= 0.6 is 0 Å². The minimum atomic E-state index is 0.527. The van der Waals surface area contributed by atoms with Crippen molar-refractivity contribution in [2.75, 3.05) is 0 Å². The average Bonchev–Trinajstić information content (AvgIpc) is 3.10. The molecule has 0 bridgehead atoms. The SMILES string of the molecule is CC(C)c1ccc2c(c1)c1ccc3c4ccccc4oc3c1n2C. The Morgan fingerprint density at radius 2 is 1.62 bits per heavy atom. The summed E-state index contributed by atoms with van der Waals surface area (Å²) in [7, 11) is 2.13. The lowest BCUT2D eigenvalue weighted by Gasteiger charge is -2.05. The van der Waals surface area contributed by atoms with E-state index in [9.17, 15) is 0 Å². The average molecular weight is 313 g/mol. The molecule has 0 saturated heterocycles. The first-order valence-electron chi connectivity index (χ1n) is 8.47. The van der Waals surface area contributed by atoms with Gasteiger partial charge in [-0.05, 0) is 35.7 Å². The van der Waals surface area contributed by atoms with Gasteiger partial charge in [-0.15, -0.1) is 0 Å². The van der Waals surface area contributed by atoms with E-state index < -0.39 is 0 Å². The van der Waals surface area contributed by atoms with E-state index >= 15 is 0 Å². The van der Waals surface area contributed by atoms with Crippen LogP contribution < -0.4 is 0 Å². The Bertz CT molecular complexity index is 1240. The number of benzene rings is 3. The zero-order valence-corrected chi connectivity index (χ0v) is 14.1. The molecular weight excluding hydrogens is 294 g/mol. The highest BCUT2D eigenvalue weighted by Gasteiger charge is 2.16. The van der Waals surface area contributed by atoms with Crippen LogP contribution in [0.4, 0.5) is 0 Å². The molecule has 2 aromatic heterocycles. The molecule has 0 atom stereocenters. The van der Waals surface area contributed by atoms with Crippen molar-refractivity contribution in [2.24, 2.45) is 7.05 Å². The van der Waals surface area contributed by atoms with Gasteiger partial charge in [-0.2, -0.15) is 0 Å². The summed E-state index contributed by atoms with van der Waals surface area (Å²) in [5.41, 5.74) is 5.74. The van der Waals surface area contributed by atoms with Crippen LogP contribution in [0.5, 0.6) is 0 Å². The van der Waals surface area contributed by atoms with E-state index in [1.807, 2.05) is 12.1 Å². The standard InChI is InChI=1S/C22H19NO/c1-13(2)14-8-11-19-18(12-14)16-9-10-17-15-6-4-5-7-20(15)24-22(17)21(16)23(19)3/h4-13H,1-3H3. The second kappa shape index (κ2) is 4.64. The predicted molar refractivity (Wildman–Crippen MR) is 102 cm³/mol. The van der Waals surface area contributed by atoms with E-state index in [2.05, 4.69) is 67.9 Å². The first kappa shape index (κ1) is 13.7. The Balaban J connectivity index is 2.00. The maximum atomic E-state index is 6.23. The Hall–Kier alpha value is -2.74. The van der Waals surface area contributed by atoms with Crippen LogP contribution in [0.1, 0.15) is 25.3 Å². The van der Waals surface area contributed by atoms with Gasteiger partial charge in [-0.25, -0.2) is 0 Å². The summed E-state index contributed by atoms with van der Waals surface area (Å²) < 4.78 is 8.50. The molecule has 0 aliphatic heterocycles. The number of hydrogen-bond acceptors (Lipinski definition) is 1. The highest BCUT2D eigenvalue weighted by molar-refractivity contribution is 6.20. The summed E-state index contributed by atoms with van der Waals surface area (Å²) in [5, 5.41) is 4.94. The van der Waals surface area contributed by atoms with Crippen molar-refractivity contribution >= 4 is 43.7 Å². The molecule has 0 unspecified atom stereocenters. The second-order valence-corrected chi connectivity index (χ2v) is 6.93. The van der Waals surface area contributed by atoms with Crippen molar-refractivity contribution in [1.29, 1.82) is 0 Å². The molecule has 0 saturated carbocycles. The zero-order chi connectivity index (χ0) is 16.4. The molecule has 0 amide bonds. The molecule has 2 nitrogen and oxygen atoms in total. The molecule has 2 heteroatoms. The number of para-hydroxylation sites is 1. The summed E-state index contributed by atoms with van der Waals surface area (Å²) in [4.78, 5) is 0. The number of aromatic nitrogens is 1. The number of furan rings is 1. The number of nitrogens with zero attached hydrogens (tertiary/aromatic N) is 1. The second-order valence-electron chi connectivity index (χ2n) is 6.93. The number of fused-ring (bicyclic) bond motifs is 7. The van der Waals surface area contributed by atoms with Crippen molar-refractivity contribution in [3.63, 3.8) is 0 Å². The minimum Gasteiger partial charge on any atom is -0.454 e. The molecule has 0 radical (unpaired) electrons. The molecule has 24 heavy (non-hydrogen) atoms. The molecule has 5 aromatic rings. The minimum absolute atomic E-state index is 0.527. The van der Waals surface area contributed by atoms with Crippen LogP contribution in [-0.4, -0.2) is 4.57 Å². The topological polar surface area (TPSA) is 18.1 Å². The zero-order valence-electron chi connectivity index (χ0n) is 14.1. The highest BCUT2D eigenvalue weighted by atomic mass is 16.3. The van der Waals surface area contributed by atoms with Crippen LogP contribution in [-0.2, 0) is 7.05 Å². The van der Waals surface area contributed by atoms with Crippen molar-refractivity contribution in [3.05, 3.63) is 60.2 Å². The van der Waals surface area contributed by atoms with E-state index in [-0.39, 0.29) is 0 Å². The predicted octanol–water partition coefficient (Wildman–Crippen LogP) is 6.35. The summed E-state index contributed by atoms with van der Waals surface area (Å²) in [5.74, 6) is 0.527. The third kappa shape index (κ3) is 1.66. The first-order valence-corrected chi connectivity index (χ1v) is 8.47. The molecule has 0 aliphatic rings. The summed E-state index contributed by atoms with van der Waals surface area (Å²) in [6, 6.07) is 19.5. The Morgan fingerprint density at radius 1 is 0.833 bits per heavy atom. The van der Waals surface area contributed by atoms with Gasteiger partial charge in [-0.1, -0.05) is 44.2 Å². The molecule has 2 heterocycles. The van der Waals surface area contributed by atoms with Crippen LogP contribution in [0.15, 0.2) is 59.0 Å².